The van der Waals surface area contributed by atoms with Gasteiger partial charge < -0.3 is 0 Å². The molecule has 0 aliphatic carbocycles. The minimum absolute atomic E-state index is 0.418. The van der Waals surface area contributed by atoms with E-state index in [9.17, 15) is 0 Å². The first-order chi connectivity index (χ1) is 8.41. The molecule has 0 spiro atoms. The third kappa shape index (κ3) is 9.36. The number of thioether (sulfide) groups is 1. The topological polar surface area (TPSA) is 23.8 Å². The summed E-state index contributed by atoms with van der Waals surface area (Å²) in [6, 6.07) is 2.05. The molecule has 0 aromatic carbocycles. The molecule has 2 heteroatoms. The average molecular weight is 265 g/mol. The molecule has 0 aromatic rings. The molecule has 0 aliphatic rings. The van der Waals surface area contributed by atoms with Crippen molar-refractivity contribution in [2.75, 3.05) is 6.26 Å². The Labute approximate surface area is 117 Å². The van der Waals surface area contributed by atoms with Crippen molar-refractivity contribution >= 4 is 11.8 Å². The smallest absolute Gasteiger partial charge is 0.0914 e. The van der Waals surface area contributed by atoms with E-state index in [1.165, 1.54) is 19.3 Å². The highest BCUT2D eigenvalue weighted by Gasteiger charge is 2.15. The van der Waals surface area contributed by atoms with Crippen LogP contribution in [0.5, 0.6) is 0 Å². The van der Waals surface area contributed by atoms with Crippen molar-refractivity contribution in [1.82, 2.24) is 0 Å². The van der Waals surface area contributed by atoms with Crippen molar-refractivity contribution in [2.24, 2.45) is 5.92 Å². The van der Waals surface area contributed by atoms with Crippen LogP contribution in [-0.2, 0) is 0 Å². The second kappa shape index (κ2) is 9.28. The fraction of sp³-hybridized carbons (Fsp3) is 0.688. The fourth-order valence-corrected chi connectivity index (χ4v) is 2.08. The van der Waals surface area contributed by atoms with Crippen molar-refractivity contribution in [3.05, 3.63) is 23.8 Å². The van der Waals surface area contributed by atoms with Crippen LogP contribution in [0.3, 0.4) is 0 Å². The van der Waals surface area contributed by atoms with E-state index < -0.39 is 0 Å². The van der Waals surface area contributed by atoms with Crippen LogP contribution in [-0.4, -0.2) is 11.0 Å². The molecule has 0 fully saturated rings. The molecule has 0 saturated heterocycles. The maximum absolute atomic E-state index is 8.50. The number of hydrogen-bond donors (Lipinski definition) is 0. The fourth-order valence-electron chi connectivity index (χ4n) is 1.73. The molecular weight excluding hydrogens is 238 g/mol. The zero-order chi connectivity index (χ0) is 14.0. The Morgan fingerprint density at radius 2 is 2.11 bits per heavy atom. The van der Waals surface area contributed by atoms with Crippen molar-refractivity contribution in [3.8, 4) is 6.07 Å². The summed E-state index contributed by atoms with van der Waals surface area (Å²) in [5, 5.41) is 8.50. The molecule has 0 radical (unpaired) electrons. The van der Waals surface area contributed by atoms with E-state index in [4.69, 9.17) is 5.26 Å². The third-order valence-electron chi connectivity index (χ3n) is 3.24. The van der Waals surface area contributed by atoms with Gasteiger partial charge in [0.15, 0.2) is 0 Å². The molecule has 0 rings (SSSR count). The highest BCUT2D eigenvalue weighted by molar-refractivity contribution is 7.99. The summed E-state index contributed by atoms with van der Waals surface area (Å²) in [6.45, 7) is 8.90. The van der Waals surface area contributed by atoms with Gasteiger partial charge >= 0.3 is 0 Å². The Morgan fingerprint density at radius 3 is 2.67 bits per heavy atom. The first kappa shape index (κ1) is 17.3. The highest BCUT2D eigenvalue weighted by atomic mass is 32.2. The van der Waals surface area contributed by atoms with E-state index in [0.29, 0.717) is 4.75 Å². The summed E-state index contributed by atoms with van der Waals surface area (Å²) in [5.74, 6) is 0.730. The molecule has 0 saturated carbocycles. The van der Waals surface area contributed by atoms with Crippen molar-refractivity contribution in [1.29, 1.82) is 5.26 Å². The SMILES string of the molecule is CSC(C)(C)CCCC(C)CC=CC(C)=CC#N. The average Bonchev–Trinajstić information content (AvgIpc) is 2.29. The Bertz CT molecular complexity index is 320. The standard InChI is InChI=1S/C16H27NS/c1-14(8-6-9-15(2)11-13-17)10-7-12-16(3,4)18-5/h6,9,11,14H,7-8,10,12H2,1-5H3. The van der Waals surface area contributed by atoms with Gasteiger partial charge in [0.05, 0.1) is 6.07 Å². The van der Waals surface area contributed by atoms with E-state index in [-0.39, 0.29) is 0 Å². The van der Waals surface area contributed by atoms with Gasteiger partial charge in [-0.1, -0.05) is 45.8 Å². The van der Waals surface area contributed by atoms with Gasteiger partial charge in [0.2, 0.25) is 0 Å². The van der Waals surface area contributed by atoms with Crippen LogP contribution >= 0.6 is 11.8 Å². The second-order valence-electron chi connectivity index (χ2n) is 5.62. The van der Waals surface area contributed by atoms with Crippen LogP contribution in [0.4, 0.5) is 0 Å². The largest absolute Gasteiger partial charge is 0.193 e. The van der Waals surface area contributed by atoms with Gasteiger partial charge in [-0.2, -0.15) is 17.0 Å². The van der Waals surface area contributed by atoms with Crippen LogP contribution in [0.25, 0.3) is 0 Å². The summed E-state index contributed by atoms with van der Waals surface area (Å²) in [5.41, 5.74) is 1.04. The molecule has 1 atom stereocenters. The molecule has 0 aromatic heterocycles. The lowest BCUT2D eigenvalue weighted by atomic mass is 9.96. The van der Waals surface area contributed by atoms with E-state index in [1.807, 2.05) is 30.8 Å². The van der Waals surface area contributed by atoms with Crippen LogP contribution < -0.4 is 0 Å². The first-order valence-corrected chi connectivity index (χ1v) is 7.92. The predicted molar refractivity (Wildman–Crippen MR) is 83.7 cm³/mol. The number of rotatable bonds is 8. The van der Waals surface area contributed by atoms with Crippen LogP contribution in [0.2, 0.25) is 0 Å². The molecule has 1 nitrogen and oxygen atoms in total. The minimum Gasteiger partial charge on any atom is -0.193 e. The lowest BCUT2D eigenvalue weighted by molar-refractivity contribution is 0.477. The zero-order valence-corrected chi connectivity index (χ0v) is 13.3. The normalized spacial score (nSPS) is 14.8. The number of nitrogens with zero attached hydrogens (tertiary/aromatic N) is 1. The quantitative estimate of drug-likeness (QED) is 0.436. The Kier molecular flexibility index (Phi) is 8.93. The lowest BCUT2D eigenvalue weighted by Crippen LogP contribution is -2.13. The molecule has 18 heavy (non-hydrogen) atoms. The van der Waals surface area contributed by atoms with Gasteiger partial charge in [-0.05, 0) is 37.5 Å². The van der Waals surface area contributed by atoms with E-state index in [0.717, 1.165) is 17.9 Å². The summed E-state index contributed by atoms with van der Waals surface area (Å²) < 4.78 is 0.418. The lowest BCUT2D eigenvalue weighted by Gasteiger charge is -2.22. The molecule has 1 unspecified atom stereocenters. The van der Waals surface area contributed by atoms with Crippen LogP contribution in [0, 0.1) is 17.2 Å². The Hall–Kier alpha value is -0.680. The number of hydrogen-bond acceptors (Lipinski definition) is 2. The molecule has 102 valence electrons. The van der Waals surface area contributed by atoms with Crippen LogP contribution in [0.15, 0.2) is 23.8 Å². The minimum atomic E-state index is 0.418. The first-order valence-electron chi connectivity index (χ1n) is 6.69. The van der Waals surface area contributed by atoms with Gasteiger partial charge in [-0.25, -0.2) is 0 Å². The van der Waals surface area contributed by atoms with Crippen molar-refractivity contribution < 1.29 is 0 Å². The molecule has 0 N–H and O–H groups in total. The van der Waals surface area contributed by atoms with Gasteiger partial charge in [-0.3, -0.25) is 0 Å². The van der Waals surface area contributed by atoms with Gasteiger partial charge in [0.25, 0.3) is 0 Å². The van der Waals surface area contributed by atoms with Crippen LogP contribution in [0.1, 0.15) is 53.4 Å². The monoisotopic (exact) mass is 265 g/mol. The Morgan fingerprint density at radius 1 is 1.44 bits per heavy atom. The van der Waals surface area contributed by atoms with Gasteiger partial charge in [0.1, 0.15) is 0 Å². The molecule has 0 heterocycles. The summed E-state index contributed by atoms with van der Waals surface area (Å²) in [7, 11) is 0. The van der Waals surface area contributed by atoms with E-state index in [2.05, 4.69) is 33.1 Å². The van der Waals surface area contributed by atoms with Gasteiger partial charge in [0, 0.05) is 10.8 Å². The number of nitriles is 1. The highest BCUT2D eigenvalue weighted by Crippen LogP contribution is 2.28. The van der Waals surface area contributed by atoms with Gasteiger partial charge in [-0.15, -0.1) is 0 Å². The second-order valence-corrected chi connectivity index (χ2v) is 7.13. The van der Waals surface area contributed by atoms with Crippen molar-refractivity contribution in [2.45, 2.75) is 58.1 Å². The molecular formula is C16H27NS. The number of allylic oxidation sites excluding steroid dienone is 4. The van der Waals surface area contributed by atoms with E-state index in [1.54, 1.807) is 6.08 Å². The van der Waals surface area contributed by atoms with E-state index >= 15 is 0 Å². The van der Waals surface area contributed by atoms with Crippen molar-refractivity contribution in [3.63, 3.8) is 0 Å². The zero-order valence-electron chi connectivity index (χ0n) is 12.5. The predicted octanol–water partition coefficient (Wildman–Crippen LogP) is 5.35. The maximum atomic E-state index is 8.50. The summed E-state index contributed by atoms with van der Waals surface area (Å²) in [4.78, 5) is 0. The molecule has 0 amide bonds. The maximum Gasteiger partial charge on any atom is 0.0914 e. The third-order valence-corrected chi connectivity index (χ3v) is 4.55. The summed E-state index contributed by atoms with van der Waals surface area (Å²) >= 11 is 1.95. The Balaban J connectivity index is 3.83. The molecule has 0 aliphatic heterocycles. The summed E-state index contributed by atoms with van der Waals surface area (Å²) in [6.07, 6.45) is 13.0. The molecule has 0 bridgehead atoms.